The fourth-order valence-electron chi connectivity index (χ4n) is 2.53. The molecule has 0 aromatic heterocycles. The molecule has 1 amide bonds. The molecule has 3 heteroatoms. The predicted octanol–water partition coefficient (Wildman–Crippen LogP) is 2.96. The van der Waals surface area contributed by atoms with Gasteiger partial charge in [0.1, 0.15) is 5.75 Å². The van der Waals surface area contributed by atoms with Crippen LogP contribution in [0, 0.1) is 12.8 Å². The van der Waals surface area contributed by atoms with Crippen LogP contribution in [0.5, 0.6) is 5.75 Å². The zero-order chi connectivity index (χ0) is 13.3. The number of phenolic OH excluding ortho intramolecular Hbond substituents is 1. The molecule has 0 radical (unpaired) electrons. The van der Waals surface area contributed by atoms with Crippen LogP contribution in [0.15, 0.2) is 18.2 Å². The van der Waals surface area contributed by atoms with Crippen molar-refractivity contribution in [2.24, 2.45) is 5.92 Å². The van der Waals surface area contributed by atoms with Gasteiger partial charge in [-0.05, 0) is 50.3 Å². The van der Waals surface area contributed by atoms with E-state index in [4.69, 9.17) is 0 Å². The molecule has 2 unspecified atom stereocenters. The first kappa shape index (κ1) is 12.9. The van der Waals surface area contributed by atoms with Crippen LogP contribution in [-0.4, -0.2) is 28.5 Å². The standard InChI is InChI=1S/C15H21NO2/c1-10-5-4-8-16(12(10)3)15(18)13-7-6-11(2)14(17)9-13/h6-7,9-10,12,17H,4-5,8H2,1-3H3. The van der Waals surface area contributed by atoms with Gasteiger partial charge in [0, 0.05) is 18.2 Å². The van der Waals surface area contributed by atoms with Crippen LogP contribution in [0.1, 0.15) is 42.6 Å². The molecule has 18 heavy (non-hydrogen) atoms. The van der Waals surface area contributed by atoms with Crippen LogP contribution < -0.4 is 0 Å². The van der Waals surface area contributed by atoms with E-state index in [1.165, 1.54) is 6.42 Å². The number of nitrogens with zero attached hydrogens (tertiary/aromatic N) is 1. The van der Waals surface area contributed by atoms with Crippen LogP contribution in [0.25, 0.3) is 0 Å². The van der Waals surface area contributed by atoms with Crippen molar-refractivity contribution >= 4 is 5.91 Å². The number of phenols is 1. The molecule has 2 atom stereocenters. The molecule has 1 heterocycles. The normalized spacial score (nSPS) is 24.1. The lowest BCUT2D eigenvalue weighted by Gasteiger charge is -2.38. The van der Waals surface area contributed by atoms with E-state index in [9.17, 15) is 9.90 Å². The molecular formula is C15H21NO2. The van der Waals surface area contributed by atoms with Crippen LogP contribution in [-0.2, 0) is 0 Å². The second-order valence-electron chi connectivity index (χ2n) is 5.36. The van der Waals surface area contributed by atoms with E-state index in [0.717, 1.165) is 18.5 Å². The molecule has 3 nitrogen and oxygen atoms in total. The Kier molecular flexibility index (Phi) is 3.60. The predicted molar refractivity (Wildman–Crippen MR) is 71.7 cm³/mol. The number of piperidine rings is 1. The van der Waals surface area contributed by atoms with Crippen LogP contribution in [0.2, 0.25) is 0 Å². The Labute approximate surface area is 108 Å². The molecule has 1 fully saturated rings. The number of aromatic hydroxyl groups is 1. The van der Waals surface area contributed by atoms with E-state index in [1.54, 1.807) is 18.2 Å². The molecular weight excluding hydrogens is 226 g/mol. The molecule has 0 bridgehead atoms. The van der Waals surface area contributed by atoms with E-state index in [-0.39, 0.29) is 17.7 Å². The van der Waals surface area contributed by atoms with Crippen molar-refractivity contribution in [2.75, 3.05) is 6.54 Å². The fraction of sp³-hybridized carbons (Fsp3) is 0.533. The van der Waals surface area contributed by atoms with Gasteiger partial charge < -0.3 is 10.0 Å². The first-order valence-electron chi connectivity index (χ1n) is 6.61. The lowest BCUT2D eigenvalue weighted by atomic mass is 9.91. The number of likely N-dealkylation sites (tertiary alicyclic amines) is 1. The number of hydrogen-bond donors (Lipinski definition) is 1. The fourth-order valence-corrected chi connectivity index (χ4v) is 2.53. The first-order valence-corrected chi connectivity index (χ1v) is 6.61. The topological polar surface area (TPSA) is 40.5 Å². The number of hydrogen-bond acceptors (Lipinski definition) is 2. The van der Waals surface area contributed by atoms with Crippen molar-refractivity contribution in [1.29, 1.82) is 0 Å². The van der Waals surface area contributed by atoms with Crippen LogP contribution in [0.3, 0.4) is 0 Å². The van der Waals surface area contributed by atoms with Crippen LogP contribution in [0.4, 0.5) is 0 Å². The van der Waals surface area contributed by atoms with Gasteiger partial charge >= 0.3 is 0 Å². The molecule has 0 saturated carbocycles. The molecule has 2 rings (SSSR count). The van der Waals surface area contributed by atoms with E-state index in [0.29, 0.717) is 11.5 Å². The van der Waals surface area contributed by atoms with E-state index in [1.807, 2.05) is 11.8 Å². The van der Waals surface area contributed by atoms with Crippen LogP contribution >= 0.6 is 0 Å². The van der Waals surface area contributed by atoms with E-state index in [2.05, 4.69) is 13.8 Å². The Balaban J connectivity index is 2.22. The number of benzene rings is 1. The third kappa shape index (κ3) is 2.35. The summed E-state index contributed by atoms with van der Waals surface area (Å²) in [6, 6.07) is 5.43. The maximum Gasteiger partial charge on any atom is 0.254 e. The minimum Gasteiger partial charge on any atom is -0.508 e. The van der Waals surface area contributed by atoms with Gasteiger partial charge in [0.2, 0.25) is 0 Å². The van der Waals surface area contributed by atoms with Gasteiger partial charge in [-0.2, -0.15) is 0 Å². The molecule has 1 saturated heterocycles. The third-order valence-corrected chi connectivity index (χ3v) is 4.09. The summed E-state index contributed by atoms with van der Waals surface area (Å²) in [7, 11) is 0. The largest absolute Gasteiger partial charge is 0.508 e. The van der Waals surface area contributed by atoms with Gasteiger partial charge in [-0.25, -0.2) is 0 Å². The van der Waals surface area contributed by atoms with Crippen molar-refractivity contribution < 1.29 is 9.90 Å². The molecule has 0 spiro atoms. The Morgan fingerprint density at radius 2 is 2.11 bits per heavy atom. The molecule has 1 aromatic carbocycles. The summed E-state index contributed by atoms with van der Waals surface area (Å²) < 4.78 is 0. The van der Waals surface area contributed by atoms with Crippen molar-refractivity contribution in [3.05, 3.63) is 29.3 Å². The second-order valence-corrected chi connectivity index (χ2v) is 5.36. The Morgan fingerprint density at radius 3 is 2.78 bits per heavy atom. The van der Waals surface area contributed by atoms with Gasteiger partial charge in [-0.1, -0.05) is 13.0 Å². The van der Waals surface area contributed by atoms with Gasteiger partial charge in [0.25, 0.3) is 5.91 Å². The zero-order valence-corrected chi connectivity index (χ0v) is 11.3. The second kappa shape index (κ2) is 5.01. The van der Waals surface area contributed by atoms with E-state index >= 15 is 0 Å². The quantitative estimate of drug-likeness (QED) is 0.828. The van der Waals surface area contributed by atoms with Crippen molar-refractivity contribution in [1.82, 2.24) is 4.90 Å². The minimum absolute atomic E-state index is 0.0318. The third-order valence-electron chi connectivity index (χ3n) is 4.09. The van der Waals surface area contributed by atoms with Crippen molar-refractivity contribution in [3.63, 3.8) is 0 Å². The smallest absolute Gasteiger partial charge is 0.254 e. The molecule has 98 valence electrons. The van der Waals surface area contributed by atoms with Gasteiger partial charge in [-0.3, -0.25) is 4.79 Å². The maximum atomic E-state index is 12.4. The highest BCUT2D eigenvalue weighted by Gasteiger charge is 2.29. The maximum absolute atomic E-state index is 12.4. The monoisotopic (exact) mass is 247 g/mol. The van der Waals surface area contributed by atoms with Crippen molar-refractivity contribution in [2.45, 2.75) is 39.7 Å². The highest BCUT2D eigenvalue weighted by Crippen LogP contribution is 2.26. The molecule has 1 aliphatic heterocycles. The zero-order valence-electron chi connectivity index (χ0n) is 11.3. The molecule has 1 aromatic rings. The summed E-state index contributed by atoms with van der Waals surface area (Å²) in [5, 5.41) is 9.69. The Hall–Kier alpha value is -1.51. The lowest BCUT2D eigenvalue weighted by Crippen LogP contribution is -2.46. The molecule has 0 aliphatic carbocycles. The average molecular weight is 247 g/mol. The number of amides is 1. The number of aryl methyl sites for hydroxylation is 1. The Bertz CT molecular complexity index is 456. The first-order chi connectivity index (χ1) is 8.50. The molecule has 1 N–H and O–H groups in total. The summed E-state index contributed by atoms with van der Waals surface area (Å²) >= 11 is 0. The summed E-state index contributed by atoms with van der Waals surface area (Å²) in [5.41, 5.74) is 1.38. The van der Waals surface area contributed by atoms with Gasteiger partial charge in [0.05, 0.1) is 0 Å². The lowest BCUT2D eigenvalue weighted by molar-refractivity contribution is 0.0550. The van der Waals surface area contributed by atoms with E-state index < -0.39 is 0 Å². The highest BCUT2D eigenvalue weighted by molar-refractivity contribution is 5.95. The number of carbonyl (C=O) groups is 1. The minimum atomic E-state index is 0.0318. The molecule has 1 aliphatic rings. The van der Waals surface area contributed by atoms with Gasteiger partial charge in [-0.15, -0.1) is 0 Å². The SMILES string of the molecule is Cc1ccc(C(=O)N2CCCC(C)C2C)cc1O. The number of rotatable bonds is 1. The summed E-state index contributed by atoms with van der Waals surface area (Å²) in [4.78, 5) is 14.4. The van der Waals surface area contributed by atoms with Gasteiger partial charge in [0.15, 0.2) is 0 Å². The summed E-state index contributed by atoms with van der Waals surface area (Å²) in [6.45, 7) is 6.95. The highest BCUT2D eigenvalue weighted by atomic mass is 16.3. The summed E-state index contributed by atoms with van der Waals surface area (Å²) in [5.74, 6) is 0.768. The number of carbonyl (C=O) groups excluding carboxylic acids is 1. The Morgan fingerprint density at radius 1 is 1.39 bits per heavy atom. The summed E-state index contributed by atoms with van der Waals surface area (Å²) in [6.07, 6.45) is 2.25. The average Bonchev–Trinajstić information content (AvgIpc) is 2.35. The van der Waals surface area contributed by atoms with Crippen molar-refractivity contribution in [3.8, 4) is 5.75 Å².